The Morgan fingerprint density at radius 1 is 1.19 bits per heavy atom. The second-order valence-electron chi connectivity index (χ2n) is 6.55. The second-order valence-corrected chi connectivity index (χ2v) is 6.99. The van der Waals surface area contributed by atoms with Gasteiger partial charge in [-0.3, -0.25) is 9.69 Å². The van der Waals surface area contributed by atoms with Crippen LogP contribution >= 0.6 is 11.6 Å². The highest BCUT2D eigenvalue weighted by Crippen LogP contribution is 2.31. The molecule has 27 heavy (non-hydrogen) atoms. The molecular weight excluding hydrogens is 364 g/mol. The molecule has 0 aromatic heterocycles. The molecular formula is C21H25ClN2O3. The SMILES string of the molecule is COc1ccccc1C(CNC(=O)COc1cccc(Cl)c1)N1CCCC1. The van der Waals surface area contributed by atoms with Crippen molar-refractivity contribution >= 4 is 17.5 Å². The van der Waals surface area contributed by atoms with Crippen molar-refractivity contribution in [3.05, 3.63) is 59.1 Å². The fourth-order valence-corrected chi connectivity index (χ4v) is 3.58. The van der Waals surface area contributed by atoms with E-state index >= 15 is 0 Å². The molecule has 1 aliphatic heterocycles. The highest BCUT2D eigenvalue weighted by Gasteiger charge is 2.26. The van der Waals surface area contributed by atoms with Crippen molar-refractivity contribution in [2.45, 2.75) is 18.9 Å². The van der Waals surface area contributed by atoms with Gasteiger partial charge in [-0.05, 0) is 50.2 Å². The molecule has 2 aromatic carbocycles. The summed E-state index contributed by atoms with van der Waals surface area (Å²) in [5, 5.41) is 3.58. The Morgan fingerprint density at radius 2 is 1.96 bits per heavy atom. The maximum atomic E-state index is 12.3. The quantitative estimate of drug-likeness (QED) is 0.749. The normalized spacial score (nSPS) is 15.3. The lowest BCUT2D eigenvalue weighted by Gasteiger charge is -2.29. The lowest BCUT2D eigenvalue weighted by molar-refractivity contribution is -0.123. The smallest absolute Gasteiger partial charge is 0.258 e. The Kier molecular flexibility index (Phi) is 6.96. The standard InChI is InChI=1S/C21H25ClN2O3/c1-26-20-10-3-2-9-18(20)19(24-11-4-5-12-24)14-23-21(25)15-27-17-8-6-7-16(22)13-17/h2-3,6-10,13,19H,4-5,11-12,14-15H2,1H3,(H,23,25). The van der Waals surface area contributed by atoms with E-state index in [2.05, 4.69) is 16.3 Å². The van der Waals surface area contributed by atoms with E-state index in [1.165, 1.54) is 12.8 Å². The van der Waals surface area contributed by atoms with E-state index in [-0.39, 0.29) is 18.6 Å². The number of amides is 1. The van der Waals surface area contributed by atoms with Crippen LogP contribution in [0.1, 0.15) is 24.4 Å². The summed E-state index contributed by atoms with van der Waals surface area (Å²) >= 11 is 5.93. The second kappa shape index (κ2) is 9.62. The predicted octanol–water partition coefficient (Wildman–Crippen LogP) is 3.68. The lowest BCUT2D eigenvalue weighted by Crippen LogP contribution is -2.38. The van der Waals surface area contributed by atoms with Crippen molar-refractivity contribution in [2.24, 2.45) is 0 Å². The molecule has 1 unspecified atom stereocenters. The lowest BCUT2D eigenvalue weighted by atomic mass is 10.0. The molecule has 144 valence electrons. The number of benzene rings is 2. The molecule has 1 atom stereocenters. The third-order valence-electron chi connectivity index (χ3n) is 4.74. The molecule has 1 fully saturated rings. The molecule has 0 bridgehead atoms. The van der Waals surface area contributed by atoms with Gasteiger partial charge in [0, 0.05) is 17.1 Å². The van der Waals surface area contributed by atoms with E-state index in [4.69, 9.17) is 21.1 Å². The van der Waals surface area contributed by atoms with E-state index < -0.39 is 0 Å². The Morgan fingerprint density at radius 3 is 2.70 bits per heavy atom. The van der Waals surface area contributed by atoms with Crippen molar-refractivity contribution in [2.75, 3.05) is 33.4 Å². The van der Waals surface area contributed by atoms with Gasteiger partial charge >= 0.3 is 0 Å². The fraction of sp³-hybridized carbons (Fsp3) is 0.381. The minimum Gasteiger partial charge on any atom is -0.496 e. The van der Waals surface area contributed by atoms with Crippen LogP contribution in [-0.2, 0) is 4.79 Å². The van der Waals surface area contributed by atoms with Crippen molar-refractivity contribution in [1.82, 2.24) is 10.2 Å². The third-order valence-corrected chi connectivity index (χ3v) is 4.97. The molecule has 1 N–H and O–H groups in total. The van der Waals surface area contributed by atoms with Gasteiger partial charge in [0.15, 0.2) is 6.61 Å². The van der Waals surface area contributed by atoms with Crippen LogP contribution in [0.2, 0.25) is 5.02 Å². The zero-order chi connectivity index (χ0) is 19.1. The molecule has 1 aliphatic rings. The van der Waals surface area contributed by atoms with Crippen molar-refractivity contribution in [1.29, 1.82) is 0 Å². The zero-order valence-electron chi connectivity index (χ0n) is 15.5. The van der Waals surface area contributed by atoms with Crippen LogP contribution in [0.4, 0.5) is 0 Å². The van der Waals surface area contributed by atoms with Crippen LogP contribution in [0.15, 0.2) is 48.5 Å². The number of carbonyl (C=O) groups is 1. The average Bonchev–Trinajstić information content (AvgIpc) is 3.21. The molecule has 0 saturated carbocycles. The summed E-state index contributed by atoms with van der Waals surface area (Å²) in [6, 6.07) is 15.1. The number of halogens is 1. The first-order valence-corrected chi connectivity index (χ1v) is 9.57. The van der Waals surface area contributed by atoms with Crippen LogP contribution in [-0.4, -0.2) is 44.2 Å². The van der Waals surface area contributed by atoms with Crippen molar-refractivity contribution in [3.63, 3.8) is 0 Å². The number of rotatable bonds is 8. The minimum absolute atomic E-state index is 0.0427. The minimum atomic E-state index is -0.158. The highest BCUT2D eigenvalue weighted by molar-refractivity contribution is 6.30. The van der Waals surface area contributed by atoms with Gasteiger partial charge < -0.3 is 14.8 Å². The Balaban J connectivity index is 1.61. The maximum absolute atomic E-state index is 12.3. The summed E-state index contributed by atoms with van der Waals surface area (Å²) in [4.78, 5) is 14.7. The monoisotopic (exact) mass is 388 g/mol. The van der Waals surface area contributed by atoms with Crippen molar-refractivity contribution < 1.29 is 14.3 Å². The first-order valence-electron chi connectivity index (χ1n) is 9.19. The first kappa shape index (κ1) is 19.5. The van der Waals surface area contributed by atoms with E-state index in [0.717, 1.165) is 24.4 Å². The number of carbonyl (C=O) groups excluding carboxylic acids is 1. The molecule has 6 heteroatoms. The van der Waals surface area contributed by atoms with Gasteiger partial charge in [0.25, 0.3) is 5.91 Å². The highest BCUT2D eigenvalue weighted by atomic mass is 35.5. The van der Waals surface area contributed by atoms with E-state index in [1.807, 2.05) is 18.2 Å². The number of hydrogen-bond donors (Lipinski definition) is 1. The van der Waals surface area contributed by atoms with Crippen LogP contribution in [0.3, 0.4) is 0 Å². The Hall–Kier alpha value is -2.24. The fourth-order valence-electron chi connectivity index (χ4n) is 3.40. The Bertz CT molecular complexity index is 763. The average molecular weight is 389 g/mol. The van der Waals surface area contributed by atoms with Crippen LogP contribution < -0.4 is 14.8 Å². The molecule has 2 aromatic rings. The molecule has 3 rings (SSSR count). The number of nitrogens with one attached hydrogen (secondary N) is 1. The Labute approximate surface area is 165 Å². The molecule has 1 amide bonds. The number of methoxy groups -OCH3 is 1. The predicted molar refractivity (Wildman–Crippen MR) is 106 cm³/mol. The molecule has 0 radical (unpaired) electrons. The number of ether oxygens (including phenoxy) is 2. The van der Waals surface area contributed by atoms with Gasteiger partial charge in [-0.1, -0.05) is 35.9 Å². The van der Waals surface area contributed by atoms with Crippen LogP contribution in [0, 0.1) is 0 Å². The first-order chi connectivity index (χ1) is 13.2. The molecule has 5 nitrogen and oxygen atoms in total. The number of likely N-dealkylation sites (tertiary alicyclic amines) is 1. The summed E-state index contributed by atoms with van der Waals surface area (Å²) in [5.74, 6) is 1.27. The summed E-state index contributed by atoms with van der Waals surface area (Å²) in [6.45, 7) is 2.52. The van der Waals surface area contributed by atoms with Crippen molar-refractivity contribution in [3.8, 4) is 11.5 Å². The summed E-state index contributed by atoms with van der Waals surface area (Å²) in [5.41, 5.74) is 1.10. The van der Waals surface area contributed by atoms with E-state index in [0.29, 0.717) is 17.3 Å². The zero-order valence-corrected chi connectivity index (χ0v) is 16.2. The topological polar surface area (TPSA) is 50.8 Å². The molecule has 1 saturated heterocycles. The van der Waals surface area contributed by atoms with E-state index in [9.17, 15) is 4.79 Å². The summed E-state index contributed by atoms with van der Waals surface area (Å²) in [6.07, 6.45) is 2.36. The van der Waals surface area contributed by atoms with Gasteiger partial charge in [-0.2, -0.15) is 0 Å². The third kappa shape index (κ3) is 5.37. The number of hydrogen-bond acceptors (Lipinski definition) is 4. The van der Waals surface area contributed by atoms with Gasteiger partial charge in [-0.25, -0.2) is 0 Å². The molecule has 1 heterocycles. The number of para-hydroxylation sites is 1. The molecule has 0 aliphatic carbocycles. The van der Waals surface area contributed by atoms with Gasteiger partial charge in [0.05, 0.1) is 13.2 Å². The maximum Gasteiger partial charge on any atom is 0.258 e. The van der Waals surface area contributed by atoms with Crippen LogP contribution in [0.5, 0.6) is 11.5 Å². The van der Waals surface area contributed by atoms with Gasteiger partial charge in [0.1, 0.15) is 11.5 Å². The van der Waals surface area contributed by atoms with Gasteiger partial charge in [-0.15, -0.1) is 0 Å². The summed E-state index contributed by atoms with van der Waals surface area (Å²) in [7, 11) is 1.68. The van der Waals surface area contributed by atoms with Gasteiger partial charge in [0.2, 0.25) is 0 Å². The van der Waals surface area contributed by atoms with Crippen LogP contribution in [0.25, 0.3) is 0 Å². The molecule has 0 spiro atoms. The van der Waals surface area contributed by atoms with E-state index in [1.54, 1.807) is 31.4 Å². The largest absolute Gasteiger partial charge is 0.496 e. The number of nitrogens with zero attached hydrogens (tertiary/aromatic N) is 1. The summed E-state index contributed by atoms with van der Waals surface area (Å²) < 4.78 is 11.1.